The molecule has 0 amide bonds. The van der Waals surface area contributed by atoms with Crippen LogP contribution < -0.4 is 4.90 Å². The predicted molar refractivity (Wildman–Crippen MR) is 98.4 cm³/mol. The number of nitrogens with one attached hydrogen (secondary N) is 1. The molecule has 1 N–H and O–H groups in total. The maximum absolute atomic E-state index is 14.2. The van der Waals surface area contributed by atoms with Crippen molar-refractivity contribution in [2.24, 2.45) is 0 Å². The van der Waals surface area contributed by atoms with Crippen molar-refractivity contribution in [3.63, 3.8) is 0 Å². The van der Waals surface area contributed by atoms with Crippen LogP contribution in [0.5, 0.6) is 0 Å². The molecule has 0 aliphatic carbocycles. The Kier molecular flexibility index (Phi) is 3.74. The van der Waals surface area contributed by atoms with Crippen LogP contribution in [-0.4, -0.2) is 36.1 Å². The van der Waals surface area contributed by atoms with Crippen LogP contribution in [0, 0.1) is 17.1 Å². The summed E-state index contributed by atoms with van der Waals surface area (Å²) in [6.07, 6.45) is 5.55. The number of hydrogen-bond acceptors (Lipinski definition) is 6. The van der Waals surface area contributed by atoms with E-state index in [1.165, 1.54) is 16.8 Å². The molecule has 0 saturated heterocycles. The van der Waals surface area contributed by atoms with Gasteiger partial charge in [0, 0.05) is 24.9 Å². The van der Waals surface area contributed by atoms with Crippen LogP contribution in [0.15, 0.2) is 36.9 Å². The van der Waals surface area contributed by atoms with Crippen molar-refractivity contribution < 1.29 is 4.39 Å². The van der Waals surface area contributed by atoms with Crippen LogP contribution in [-0.2, 0) is 6.42 Å². The van der Waals surface area contributed by atoms with Gasteiger partial charge in [0.1, 0.15) is 29.3 Å². The quantitative estimate of drug-likeness (QED) is 0.561. The summed E-state index contributed by atoms with van der Waals surface area (Å²) in [5.74, 6) is 0.146. The molecule has 0 fully saturated rings. The van der Waals surface area contributed by atoms with Crippen molar-refractivity contribution in [3.05, 3.63) is 70.7 Å². The Bertz CT molecular complexity index is 1240. The van der Waals surface area contributed by atoms with E-state index in [1.54, 1.807) is 24.7 Å². The fraction of sp³-hybridized carbons (Fsp3) is 0.167. The van der Waals surface area contributed by atoms with Gasteiger partial charge in [0.2, 0.25) is 0 Å². The fourth-order valence-corrected chi connectivity index (χ4v) is 3.71. The zero-order valence-electron chi connectivity index (χ0n) is 14.3. The molecule has 1 aliphatic rings. The number of H-pyrrole nitrogens is 1. The second-order valence-electron chi connectivity index (χ2n) is 6.35. The Balaban J connectivity index is 1.67. The first kappa shape index (κ1) is 16.6. The van der Waals surface area contributed by atoms with E-state index in [1.807, 2.05) is 11.0 Å². The number of aromatic nitrogens is 6. The second kappa shape index (κ2) is 6.28. The summed E-state index contributed by atoms with van der Waals surface area (Å²) in [5, 5.41) is 13.6. The number of aromatic amines is 1. The number of anilines is 1. The standard InChI is InChI=1S/C18H12ClFN8/c19-18-13(7-21)22-8-15(25-18)27-5-3-11-16(24-9-23-11)17(27)12-6-14-10(20)2-1-4-28(14)26-12/h1-2,4,6,8-9,17H,3,5H2,(H,23,24)/t17-/m1/s1. The predicted octanol–water partition coefficient (Wildman–Crippen LogP) is 2.66. The van der Waals surface area contributed by atoms with Gasteiger partial charge in [-0.2, -0.15) is 10.4 Å². The third-order valence-electron chi connectivity index (χ3n) is 4.79. The summed E-state index contributed by atoms with van der Waals surface area (Å²) in [4.78, 5) is 18.0. The smallest absolute Gasteiger partial charge is 0.178 e. The highest BCUT2D eigenvalue weighted by Crippen LogP contribution is 2.36. The number of nitrogens with zero attached hydrogens (tertiary/aromatic N) is 7. The highest BCUT2D eigenvalue weighted by molar-refractivity contribution is 6.30. The van der Waals surface area contributed by atoms with Gasteiger partial charge in [0.25, 0.3) is 0 Å². The van der Waals surface area contributed by atoms with Gasteiger partial charge >= 0.3 is 0 Å². The normalized spacial score (nSPS) is 16.2. The molecule has 10 heteroatoms. The monoisotopic (exact) mass is 394 g/mol. The van der Waals surface area contributed by atoms with Gasteiger partial charge in [-0.1, -0.05) is 11.6 Å². The summed E-state index contributed by atoms with van der Waals surface area (Å²) < 4.78 is 15.7. The molecule has 0 bridgehead atoms. The largest absolute Gasteiger partial charge is 0.348 e. The van der Waals surface area contributed by atoms with Crippen molar-refractivity contribution in [1.82, 2.24) is 29.5 Å². The maximum Gasteiger partial charge on any atom is 0.178 e. The topological polar surface area (TPSA) is 98.8 Å². The molecule has 0 aromatic carbocycles. The zero-order valence-corrected chi connectivity index (χ0v) is 15.1. The molecule has 0 saturated carbocycles. The van der Waals surface area contributed by atoms with Gasteiger partial charge in [-0.3, -0.25) is 0 Å². The minimum Gasteiger partial charge on any atom is -0.348 e. The highest BCUT2D eigenvalue weighted by Gasteiger charge is 2.34. The van der Waals surface area contributed by atoms with Gasteiger partial charge in [-0.05, 0) is 18.2 Å². The van der Waals surface area contributed by atoms with Gasteiger partial charge in [0.15, 0.2) is 10.8 Å². The van der Waals surface area contributed by atoms with Gasteiger partial charge in [-0.15, -0.1) is 0 Å². The maximum atomic E-state index is 14.2. The van der Waals surface area contributed by atoms with E-state index in [0.29, 0.717) is 30.0 Å². The zero-order chi connectivity index (χ0) is 19.3. The molecule has 28 heavy (non-hydrogen) atoms. The van der Waals surface area contributed by atoms with Crippen LogP contribution in [0.4, 0.5) is 10.2 Å². The van der Waals surface area contributed by atoms with Crippen LogP contribution in [0.2, 0.25) is 5.15 Å². The van der Waals surface area contributed by atoms with Crippen molar-refractivity contribution in [1.29, 1.82) is 5.26 Å². The molecule has 0 unspecified atom stereocenters. The lowest BCUT2D eigenvalue weighted by Gasteiger charge is -2.34. The molecule has 0 spiro atoms. The molecule has 0 radical (unpaired) electrons. The summed E-state index contributed by atoms with van der Waals surface area (Å²) in [6, 6.07) is 6.21. The Morgan fingerprint density at radius 2 is 2.25 bits per heavy atom. The first-order chi connectivity index (χ1) is 13.7. The summed E-state index contributed by atoms with van der Waals surface area (Å²) >= 11 is 6.09. The molecule has 1 aliphatic heterocycles. The average molecular weight is 395 g/mol. The Hall–Kier alpha value is -3.51. The first-order valence-electron chi connectivity index (χ1n) is 8.51. The number of fused-ring (bicyclic) bond motifs is 2. The lowest BCUT2D eigenvalue weighted by atomic mass is 10.00. The van der Waals surface area contributed by atoms with Gasteiger partial charge in [0.05, 0.1) is 23.9 Å². The van der Waals surface area contributed by atoms with Crippen molar-refractivity contribution in [3.8, 4) is 6.07 Å². The summed E-state index contributed by atoms with van der Waals surface area (Å²) in [5.41, 5.74) is 2.85. The molecule has 8 nitrogen and oxygen atoms in total. The number of hydrogen-bond donors (Lipinski definition) is 1. The number of pyridine rings is 1. The van der Waals surface area contributed by atoms with E-state index in [2.05, 4.69) is 25.0 Å². The van der Waals surface area contributed by atoms with E-state index in [9.17, 15) is 4.39 Å². The van der Waals surface area contributed by atoms with E-state index >= 15 is 0 Å². The lowest BCUT2D eigenvalue weighted by Crippen LogP contribution is -2.37. The second-order valence-corrected chi connectivity index (χ2v) is 6.70. The molecule has 138 valence electrons. The highest BCUT2D eigenvalue weighted by atomic mass is 35.5. The fourth-order valence-electron chi connectivity index (χ4n) is 3.53. The van der Waals surface area contributed by atoms with Crippen molar-refractivity contribution in [2.45, 2.75) is 12.5 Å². The summed E-state index contributed by atoms with van der Waals surface area (Å²) in [6.45, 7) is 0.604. The van der Waals surface area contributed by atoms with Crippen molar-refractivity contribution >= 4 is 22.9 Å². The molecule has 4 aromatic heterocycles. The third-order valence-corrected chi connectivity index (χ3v) is 5.06. The minimum absolute atomic E-state index is 0.0348. The molecule has 5 heterocycles. The molecular weight excluding hydrogens is 383 g/mol. The van der Waals surface area contributed by atoms with Gasteiger partial charge in [-0.25, -0.2) is 23.9 Å². The summed E-state index contributed by atoms with van der Waals surface area (Å²) in [7, 11) is 0. The van der Waals surface area contributed by atoms with E-state index in [-0.39, 0.29) is 16.7 Å². The number of rotatable bonds is 2. The van der Waals surface area contributed by atoms with E-state index < -0.39 is 6.04 Å². The van der Waals surface area contributed by atoms with Gasteiger partial charge < -0.3 is 9.88 Å². The third kappa shape index (κ3) is 2.50. The van der Waals surface area contributed by atoms with E-state index in [0.717, 1.165) is 11.4 Å². The Morgan fingerprint density at radius 1 is 1.36 bits per heavy atom. The Morgan fingerprint density at radius 3 is 3.04 bits per heavy atom. The molecule has 1 atom stereocenters. The lowest BCUT2D eigenvalue weighted by molar-refractivity contribution is 0.608. The number of imidazole rings is 1. The van der Waals surface area contributed by atoms with E-state index in [4.69, 9.17) is 16.9 Å². The SMILES string of the molecule is N#Cc1ncc(N2CCc3[nH]cnc3[C@H]2c2cc3c(F)cccn3n2)nc1Cl. The minimum atomic E-state index is -0.396. The molecule has 4 aromatic rings. The Labute approximate surface area is 163 Å². The van der Waals surface area contributed by atoms with Crippen LogP contribution in [0.1, 0.15) is 28.8 Å². The average Bonchev–Trinajstić information content (AvgIpc) is 3.34. The molecular formula is C18H12ClFN8. The van der Waals surface area contributed by atoms with Crippen LogP contribution in [0.3, 0.4) is 0 Å². The number of nitriles is 1. The van der Waals surface area contributed by atoms with Crippen LogP contribution >= 0.6 is 11.6 Å². The van der Waals surface area contributed by atoms with Crippen LogP contribution in [0.25, 0.3) is 5.52 Å². The van der Waals surface area contributed by atoms with Crippen molar-refractivity contribution in [2.75, 3.05) is 11.4 Å². The first-order valence-corrected chi connectivity index (χ1v) is 8.88. The number of halogens is 2. The molecule has 5 rings (SSSR count).